The van der Waals surface area contributed by atoms with Gasteiger partial charge in [-0.15, -0.1) is 0 Å². The summed E-state index contributed by atoms with van der Waals surface area (Å²) < 4.78 is 11.5. The fourth-order valence-electron chi connectivity index (χ4n) is 2.20. The standard InChI is InChI=1S/C19H21NO2/c1-19(2,3)16-9-5-7-11-18(16)22-13-12-21-17-10-6-4-8-15(17)14-20/h4-11H,12-13H2,1-3H3. The first-order valence-corrected chi connectivity index (χ1v) is 7.36. The number of rotatable bonds is 5. The van der Waals surface area contributed by atoms with Crippen LogP contribution >= 0.6 is 0 Å². The first-order valence-electron chi connectivity index (χ1n) is 7.36. The van der Waals surface area contributed by atoms with Gasteiger partial charge in [-0.2, -0.15) is 5.26 Å². The Labute approximate surface area is 132 Å². The number of para-hydroxylation sites is 2. The van der Waals surface area contributed by atoms with Crippen LogP contribution in [0.4, 0.5) is 0 Å². The van der Waals surface area contributed by atoms with Crippen LogP contribution in [-0.4, -0.2) is 13.2 Å². The van der Waals surface area contributed by atoms with E-state index in [4.69, 9.17) is 14.7 Å². The summed E-state index contributed by atoms with van der Waals surface area (Å²) in [7, 11) is 0. The van der Waals surface area contributed by atoms with Crippen molar-refractivity contribution >= 4 is 0 Å². The van der Waals surface area contributed by atoms with Gasteiger partial charge in [0.2, 0.25) is 0 Å². The smallest absolute Gasteiger partial charge is 0.137 e. The summed E-state index contributed by atoms with van der Waals surface area (Å²) in [5.74, 6) is 1.48. The highest BCUT2D eigenvalue weighted by Crippen LogP contribution is 2.30. The van der Waals surface area contributed by atoms with Gasteiger partial charge in [0.25, 0.3) is 0 Å². The number of hydrogen-bond donors (Lipinski definition) is 0. The van der Waals surface area contributed by atoms with Crippen LogP contribution in [0, 0.1) is 11.3 Å². The number of ether oxygens (including phenoxy) is 2. The van der Waals surface area contributed by atoms with Crippen LogP contribution in [0.3, 0.4) is 0 Å². The molecule has 0 spiro atoms. The SMILES string of the molecule is CC(C)(C)c1ccccc1OCCOc1ccccc1C#N. The summed E-state index contributed by atoms with van der Waals surface area (Å²) in [6.45, 7) is 7.32. The fourth-order valence-corrected chi connectivity index (χ4v) is 2.20. The van der Waals surface area contributed by atoms with E-state index >= 15 is 0 Å². The molecular formula is C19H21NO2. The highest BCUT2D eigenvalue weighted by atomic mass is 16.5. The molecule has 0 radical (unpaired) electrons. The molecule has 3 nitrogen and oxygen atoms in total. The number of hydrogen-bond acceptors (Lipinski definition) is 3. The molecule has 3 heteroatoms. The molecule has 114 valence electrons. The zero-order valence-electron chi connectivity index (χ0n) is 13.3. The van der Waals surface area contributed by atoms with Crippen molar-refractivity contribution in [3.63, 3.8) is 0 Å². The maximum atomic E-state index is 9.02. The van der Waals surface area contributed by atoms with Crippen LogP contribution in [0.5, 0.6) is 11.5 Å². The van der Waals surface area contributed by atoms with Crippen LogP contribution in [0.1, 0.15) is 31.9 Å². The molecule has 0 aliphatic carbocycles. The zero-order valence-corrected chi connectivity index (χ0v) is 13.3. The Balaban J connectivity index is 1.94. The van der Waals surface area contributed by atoms with Crippen LogP contribution < -0.4 is 9.47 Å². The topological polar surface area (TPSA) is 42.2 Å². The molecule has 2 rings (SSSR count). The molecule has 0 saturated heterocycles. The van der Waals surface area contributed by atoms with E-state index in [1.165, 1.54) is 5.56 Å². The van der Waals surface area contributed by atoms with Gasteiger partial charge in [-0.25, -0.2) is 0 Å². The lowest BCUT2D eigenvalue weighted by Gasteiger charge is -2.22. The highest BCUT2D eigenvalue weighted by Gasteiger charge is 2.18. The molecule has 0 aliphatic heterocycles. The molecule has 0 N–H and O–H groups in total. The van der Waals surface area contributed by atoms with Gasteiger partial charge in [0.1, 0.15) is 30.8 Å². The van der Waals surface area contributed by atoms with Crippen molar-refractivity contribution in [2.45, 2.75) is 26.2 Å². The van der Waals surface area contributed by atoms with Crippen molar-refractivity contribution in [1.29, 1.82) is 5.26 Å². The normalized spacial score (nSPS) is 10.8. The number of nitrogens with zero attached hydrogens (tertiary/aromatic N) is 1. The maximum absolute atomic E-state index is 9.02. The lowest BCUT2D eigenvalue weighted by molar-refractivity contribution is 0.214. The van der Waals surface area contributed by atoms with E-state index in [1.807, 2.05) is 30.3 Å². The van der Waals surface area contributed by atoms with Crippen molar-refractivity contribution in [2.24, 2.45) is 0 Å². The Morgan fingerprint density at radius 3 is 2.05 bits per heavy atom. The van der Waals surface area contributed by atoms with E-state index in [0.29, 0.717) is 24.5 Å². The van der Waals surface area contributed by atoms with E-state index < -0.39 is 0 Å². The van der Waals surface area contributed by atoms with E-state index in [-0.39, 0.29) is 5.41 Å². The first-order chi connectivity index (χ1) is 10.5. The van der Waals surface area contributed by atoms with Gasteiger partial charge < -0.3 is 9.47 Å². The van der Waals surface area contributed by atoms with Gasteiger partial charge in [0, 0.05) is 0 Å². The molecule has 2 aromatic rings. The van der Waals surface area contributed by atoms with Crippen LogP contribution in [0.2, 0.25) is 0 Å². The van der Waals surface area contributed by atoms with Crippen molar-refractivity contribution in [1.82, 2.24) is 0 Å². The average Bonchev–Trinajstić information content (AvgIpc) is 2.51. The Bertz CT molecular complexity index is 666. The van der Waals surface area contributed by atoms with Gasteiger partial charge in [0.15, 0.2) is 0 Å². The lowest BCUT2D eigenvalue weighted by Crippen LogP contribution is -2.16. The summed E-state index contributed by atoms with van der Waals surface area (Å²) in [6.07, 6.45) is 0. The van der Waals surface area contributed by atoms with Crippen LogP contribution in [0.15, 0.2) is 48.5 Å². The predicted octanol–water partition coefficient (Wildman–Crippen LogP) is 4.31. The molecule has 0 heterocycles. The van der Waals surface area contributed by atoms with Gasteiger partial charge in [0.05, 0.1) is 5.56 Å². The number of benzene rings is 2. The van der Waals surface area contributed by atoms with Gasteiger partial charge >= 0.3 is 0 Å². The van der Waals surface area contributed by atoms with Crippen LogP contribution in [-0.2, 0) is 5.41 Å². The van der Waals surface area contributed by atoms with E-state index in [9.17, 15) is 0 Å². The van der Waals surface area contributed by atoms with Crippen LogP contribution in [0.25, 0.3) is 0 Å². The Kier molecular flexibility index (Phi) is 5.06. The molecule has 0 bridgehead atoms. The van der Waals surface area contributed by atoms with Crippen molar-refractivity contribution in [3.05, 3.63) is 59.7 Å². The molecule has 0 unspecified atom stereocenters. The minimum absolute atomic E-state index is 0.0326. The molecule has 0 amide bonds. The second-order valence-corrected chi connectivity index (χ2v) is 6.05. The Hall–Kier alpha value is -2.47. The Morgan fingerprint density at radius 2 is 1.41 bits per heavy atom. The third-order valence-corrected chi connectivity index (χ3v) is 3.30. The summed E-state index contributed by atoms with van der Waals surface area (Å²) >= 11 is 0. The van der Waals surface area contributed by atoms with E-state index in [2.05, 4.69) is 32.9 Å². The second-order valence-electron chi connectivity index (χ2n) is 6.05. The third-order valence-electron chi connectivity index (χ3n) is 3.30. The maximum Gasteiger partial charge on any atom is 0.137 e. The monoisotopic (exact) mass is 295 g/mol. The quantitative estimate of drug-likeness (QED) is 0.772. The van der Waals surface area contributed by atoms with Crippen molar-refractivity contribution in [3.8, 4) is 17.6 Å². The summed E-state index contributed by atoms with van der Waals surface area (Å²) in [5, 5.41) is 9.02. The first kappa shape index (κ1) is 15.9. The molecule has 0 saturated carbocycles. The number of nitriles is 1. The Morgan fingerprint density at radius 1 is 0.864 bits per heavy atom. The summed E-state index contributed by atoms with van der Waals surface area (Å²) in [6, 6.07) is 17.4. The second kappa shape index (κ2) is 7.00. The largest absolute Gasteiger partial charge is 0.490 e. The van der Waals surface area contributed by atoms with Gasteiger partial charge in [-0.05, 0) is 29.2 Å². The minimum atomic E-state index is 0.0326. The third kappa shape index (κ3) is 4.02. The molecule has 0 aliphatic rings. The van der Waals surface area contributed by atoms with Gasteiger partial charge in [-0.1, -0.05) is 51.1 Å². The molecule has 0 atom stereocenters. The molecule has 2 aromatic carbocycles. The lowest BCUT2D eigenvalue weighted by atomic mass is 9.86. The molecule has 0 aromatic heterocycles. The summed E-state index contributed by atoms with van der Waals surface area (Å²) in [4.78, 5) is 0. The average molecular weight is 295 g/mol. The minimum Gasteiger partial charge on any atom is -0.490 e. The molecule has 0 fully saturated rings. The van der Waals surface area contributed by atoms with Gasteiger partial charge in [-0.3, -0.25) is 0 Å². The van der Waals surface area contributed by atoms with E-state index in [0.717, 1.165) is 5.75 Å². The molecule has 22 heavy (non-hydrogen) atoms. The fraction of sp³-hybridized carbons (Fsp3) is 0.316. The molecular weight excluding hydrogens is 274 g/mol. The summed E-state index contributed by atoms with van der Waals surface area (Å²) in [5.41, 5.74) is 1.75. The van der Waals surface area contributed by atoms with E-state index in [1.54, 1.807) is 12.1 Å². The van der Waals surface area contributed by atoms with Crippen molar-refractivity contribution in [2.75, 3.05) is 13.2 Å². The zero-order chi connectivity index (χ0) is 16.0. The highest BCUT2D eigenvalue weighted by molar-refractivity contribution is 5.42. The predicted molar refractivity (Wildman–Crippen MR) is 87.3 cm³/mol. The van der Waals surface area contributed by atoms with Crippen molar-refractivity contribution < 1.29 is 9.47 Å².